The maximum absolute atomic E-state index is 6.64. The van der Waals surface area contributed by atoms with Crippen molar-refractivity contribution in [2.75, 3.05) is 4.90 Å². The number of benzene rings is 8. The summed E-state index contributed by atoms with van der Waals surface area (Å²) in [5.74, 6) is 0.540. The second kappa shape index (κ2) is 11.5. The van der Waals surface area contributed by atoms with Gasteiger partial charge in [0.15, 0.2) is 5.58 Å². The van der Waals surface area contributed by atoms with Crippen molar-refractivity contribution in [2.45, 2.75) is 0 Å². The van der Waals surface area contributed by atoms with Gasteiger partial charge in [-0.15, -0.1) is 0 Å². The number of nitrogens with zero attached hydrogens (tertiary/aromatic N) is 3. The highest BCUT2D eigenvalue weighted by Crippen LogP contribution is 2.51. The molecule has 258 valence electrons. The molecule has 0 amide bonds. The average molecular weight is 708 g/mol. The van der Waals surface area contributed by atoms with Crippen molar-refractivity contribution in [3.63, 3.8) is 0 Å². The van der Waals surface area contributed by atoms with E-state index in [1.165, 1.54) is 5.39 Å². The van der Waals surface area contributed by atoms with Gasteiger partial charge in [0.2, 0.25) is 5.89 Å². The van der Waals surface area contributed by atoms with E-state index in [0.717, 1.165) is 88.5 Å². The molecule has 0 atom stereocenters. The molecular weight excluding hydrogens is 679 g/mol. The minimum atomic E-state index is 0.540. The second-order valence-corrected chi connectivity index (χ2v) is 13.9. The maximum atomic E-state index is 6.64. The topological polar surface area (TPSA) is 60.5 Å². The summed E-state index contributed by atoms with van der Waals surface area (Å²) in [6, 6.07) is 60.7. The Labute approximate surface area is 313 Å². The van der Waals surface area contributed by atoms with Gasteiger partial charge in [-0.2, -0.15) is 0 Å². The van der Waals surface area contributed by atoms with E-state index in [-0.39, 0.29) is 0 Å². The molecule has 0 saturated heterocycles. The predicted octanol–water partition coefficient (Wildman–Crippen LogP) is 13.9. The van der Waals surface area contributed by atoms with E-state index in [2.05, 4.69) is 125 Å². The van der Waals surface area contributed by atoms with E-state index in [1.807, 2.05) is 60.7 Å². The van der Waals surface area contributed by atoms with Crippen LogP contribution < -0.4 is 4.90 Å². The molecule has 0 aliphatic carbocycles. The van der Waals surface area contributed by atoms with Gasteiger partial charge >= 0.3 is 0 Å². The van der Waals surface area contributed by atoms with Crippen molar-refractivity contribution in [3.05, 3.63) is 176 Å². The minimum absolute atomic E-state index is 0.540. The lowest BCUT2D eigenvalue weighted by molar-refractivity contribution is 0.617. The van der Waals surface area contributed by atoms with Crippen LogP contribution >= 0.6 is 0 Å². The highest BCUT2D eigenvalue weighted by atomic mass is 16.4. The van der Waals surface area contributed by atoms with Gasteiger partial charge in [-0.25, -0.2) is 4.98 Å². The molecule has 0 saturated carbocycles. The highest BCUT2D eigenvalue weighted by Gasteiger charge is 2.29. The van der Waals surface area contributed by atoms with Crippen LogP contribution in [0.25, 0.3) is 93.9 Å². The fourth-order valence-corrected chi connectivity index (χ4v) is 8.44. The molecule has 0 spiro atoms. The summed E-state index contributed by atoms with van der Waals surface area (Å²) in [4.78, 5) is 7.64. The Hall–Kier alpha value is -7.57. The number of oxazole rings is 1. The first-order chi connectivity index (χ1) is 27.3. The first-order valence-corrected chi connectivity index (χ1v) is 18.4. The molecule has 0 N–H and O–H groups in total. The van der Waals surface area contributed by atoms with Crippen LogP contribution in [0.4, 0.5) is 17.1 Å². The summed E-state index contributed by atoms with van der Waals surface area (Å²) >= 11 is 0. The molecule has 0 bridgehead atoms. The average Bonchev–Trinajstić information content (AvgIpc) is 4.02. The van der Waals surface area contributed by atoms with Crippen LogP contribution in [0.2, 0.25) is 0 Å². The Morgan fingerprint density at radius 3 is 1.95 bits per heavy atom. The lowest BCUT2D eigenvalue weighted by Gasteiger charge is -2.28. The highest BCUT2D eigenvalue weighted by molar-refractivity contribution is 6.23. The fraction of sp³-hybridized carbons (Fsp3) is 0. The quantitative estimate of drug-likeness (QED) is 0.178. The molecule has 12 rings (SSSR count). The number of furan rings is 2. The van der Waals surface area contributed by atoms with Crippen molar-refractivity contribution < 1.29 is 13.3 Å². The van der Waals surface area contributed by atoms with E-state index in [9.17, 15) is 0 Å². The van der Waals surface area contributed by atoms with E-state index < -0.39 is 0 Å². The van der Waals surface area contributed by atoms with Crippen LogP contribution in [0.5, 0.6) is 0 Å². The molecule has 8 aromatic carbocycles. The van der Waals surface area contributed by atoms with Crippen LogP contribution in [0.3, 0.4) is 0 Å². The van der Waals surface area contributed by atoms with Gasteiger partial charge in [0.25, 0.3) is 0 Å². The molecule has 4 aromatic heterocycles. The van der Waals surface area contributed by atoms with Gasteiger partial charge in [-0.05, 0) is 60.7 Å². The molecule has 0 radical (unpaired) electrons. The van der Waals surface area contributed by atoms with Gasteiger partial charge in [0.05, 0.1) is 33.5 Å². The predicted molar refractivity (Wildman–Crippen MR) is 223 cm³/mol. The van der Waals surface area contributed by atoms with Crippen molar-refractivity contribution in [1.82, 2.24) is 9.55 Å². The first-order valence-electron chi connectivity index (χ1n) is 18.4. The van der Waals surface area contributed by atoms with Crippen LogP contribution in [0.1, 0.15) is 0 Å². The molecule has 4 heterocycles. The van der Waals surface area contributed by atoms with Crippen molar-refractivity contribution in [2.24, 2.45) is 0 Å². The fourth-order valence-electron chi connectivity index (χ4n) is 8.44. The van der Waals surface area contributed by atoms with Gasteiger partial charge in [-0.3, -0.25) is 0 Å². The maximum Gasteiger partial charge on any atom is 0.227 e. The molecule has 0 aliphatic rings. The largest absolute Gasteiger partial charge is 0.456 e. The number of hydrogen-bond acceptors (Lipinski definition) is 5. The third-order valence-corrected chi connectivity index (χ3v) is 10.8. The monoisotopic (exact) mass is 707 g/mol. The van der Waals surface area contributed by atoms with Crippen LogP contribution in [0.15, 0.2) is 189 Å². The van der Waals surface area contributed by atoms with Crippen molar-refractivity contribution >= 4 is 93.8 Å². The second-order valence-electron chi connectivity index (χ2n) is 13.9. The Balaban J connectivity index is 1.27. The first kappa shape index (κ1) is 29.9. The summed E-state index contributed by atoms with van der Waals surface area (Å²) in [5, 5.41) is 6.37. The van der Waals surface area contributed by atoms with E-state index in [1.54, 1.807) is 0 Å². The minimum Gasteiger partial charge on any atom is -0.456 e. The van der Waals surface area contributed by atoms with E-state index in [0.29, 0.717) is 17.1 Å². The van der Waals surface area contributed by atoms with E-state index in [4.69, 9.17) is 18.2 Å². The standard InChI is InChI=1S/C49H29N3O3/c1-3-14-30(15-4-1)49-50-46-44(55-49)29-43-45(37-20-9-12-25-41(37)54-43)48(46)52(32-26-27-35-34-19-8-11-24-40(34)53-42(35)28-32)39-23-13-21-36-33-18-7-10-22-38(33)51(47(36)39)31-16-5-2-6-17-31/h1-29H. The molecule has 6 heteroatoms. The molecule has 6 nitrogen and oxygen atoms in total. The van der Waals surface area contributed by atoms with Crippen molar-refractivity contribution in [1.29, 1.82) is 0 Å². The molecule has 12 aromatic rings. The smallest absolute Gasteiger partial charge is 0.227 e. The number of fused-ring (bicyclic) bond motifs is 10. The third-order valence-electron chi connectivity index (χ3n) is 10.8. The number of aromatic nitrogens is 2. The number of rotatable bonds is 5. The van der Waals surface area contributed by atoms with Crippen molar-refractivity contribution in [3.8, 4) is 17.1 Å². The number of para-hydroxylation sites is 5. The number of hydrogen-bond donors (Lipinski definition) is 0. The van der Waals surface area contributed by atoms with Gasteiger partial charge in [0, 0.05) is 50.3 Å². The summed E-state index contributed by atoms with van der Waals surface area (Å²) in [7, 11) is 0. The lowest BCUT2D eigenvalue weighted by atomic mass is 10.0. The Morgan fingerprint density at radius 1 is 0.455 bits per heavy atom. The zero-order chi connectivity index (χ0) is 36.0. The molecule has 0 fully saturated rings. The van der Waals surface area contributed by atoms with Gasteiger partial charge < -0.3 is 22.7 Å². The Kier molecular flexibility index (Phi) is 6.24. The number of anilines is 3. The SMILES string of the molecule is c1ccc(-c2nc3c(N(c4ccc5c(c4)oc4ccccc45)c4cccc5c6ccccc6n(-c6ccccc6)c45)c4c(cc3o2)oc2ccccc24)cc1. The zero-order valence-corrected chi connectivity index (χ0v) is 29.3. The van der Waals surface area contributed by atoms with Gasteiger partial charge in [-0.1, -0.05) is 103 Å². The lowest BCUT2D eigenvalue weighted by Crippen LogP contribution is -2.13. The third kappa shape index (κ3) is 4.39. The molecule has 0 aliphatic heterocycles. The van der Waals surface area contributed by atoms with Crippen LogP contribution in [-0.4, -0.2) is 9.55 Å². The molecule has 0 unspecified atom stereocenters. The molecular formula is C49H29N3O3. The van der Waals surface area contributed by atoms with Gasteiger partial charge in [0.1, 0.15) is 27.8 Å². The zero-order valence-electron chi connectivity index (χ0n) is 29.3. The summed E-state index contributed by atoms with van der Waals surface area (Å²) in [6.07, 6.45) is 0. The summed E-state index contributed by atoms with van der Waals surface area (Å²) in [6.45, 7) is 0. The van der Waals surface area contributed by atoms with E-state index >= 15 is 0 Å². The Morgan fingerprint density at radius 2 is 1.11 bits per heavy atom. The molecule has 55 heavy (non-hydrogen) atoms. The van der Waals surface area contributed by atoms with Crippen LogP contribution in [0, 0.1) is 0 Å². The Bertz CT molecular complexity index is 3440. The summed E-state index contributed by atoms with van der Waals surface area (Å²) in [5.41, 5.74) is 11.4. The normalized spacial score (nSPS) is 12.0. The summed E-state index contributed by atoms with van der Waals surface area (Å²) < 4.78 is 22.2. The van der Waals surface area contributed by atoms with Crippen LogP contribution in [-0.2, 0) is 0 Å².